The Bertz CT molecular complexity index is 3270. The van der Waals surface area contributed by atoms with Crippen LogP contribution in [0.25, 0.3) is 100 Å². The SMILES string of the molecule is [2H]c1c([2H])c([2H])c2c(oc3c([2H])c([2H])c([2H])c(-c4cc(-c5ccccc5)cc(-c5nc(-c6ccccc6)nc(-c6ccc7c(c6)oc6ccccc67)n5)c4)c32)c1[2H]. The molecule has 10 rings (SSSR count). The van der Waals surface area contributed by atoms with Crippen molar-refractivity contribution in [2.45, 2.75) is 0 Å². The number of hydrogen-bond acceptors (Lipinski definition) is 5. The molecule has 0 N–H and O–H groups in total. The number of hydrogen-bond donors (Lipinski definition) is 0. The molecule has 0 fully saturated rings. The first-order chi connectivity index (χ1) is 27.7. The van der Waals surface area contributed by atoms with E-state index in [2.05, 4.69) is 0 Å². The number of benzene rings is 7. The van der Waals surface area contributed by atoms with E-state index in [1.807, 2.05) is 115 Å². The zero-order valence-electron chi connectivity index (χ0n) is 33.2. The van der Waals surface area contributed by atoms with Crippen LogP contribution in [0.1, 0.15) is 9.60 Å². The molecule has 0 radical (unpaired) electrons. The number of aromatic nitrogens is 3. The lowest BCUT2D eigenvalue weighted by Crippen LogP contribution is -2.00. The zero-order chi connectivity index (χ0) is 39.1. The molecular formula is C45H27N3O2. The fraction of sp³-hybridized carbons (Fsp3) is 0. The van der Waals surface area contributed by atoms with Gasteiger partial charge in [-0.3, -0.25) is 0 Å². The van der Waals surface area contributed by atoms with Crippen LogP contribution in [-0.2, 0) is 0 Å². The topological polar surface area (TPSA) is 65.0 Å². The highest BCUT2D eigenvalue weighted by Crippen LogP contribution is 2.40. The zero-order valence-corrected chi connectivity index (χ0v) is 26.2. The molecule has 234 valence electrons. The van der Waals surface area contributed by atoms with Crippen molar-refractivity contribution in [1.82, 2.24) is 15.0 Å². The van der Waals surface area contributed by atoms with Gasteiger partial charge in [0.05, 0.1) is 9.60 Å². The first-order valence-corrected chi connectivity index (χ1v) is 16.0. The van der Waals surface area contributed by atoms with E-state index in [9.17, 15) is 1.37 Å². The van der Waals surface area contributed by atoms with E-state index in [-0.39, 0.29) is 45.6 Å². The molecule has 0 atom stereocenters. The highest BCUT2D eigenvalue weighted by Gasteiger charge is 2.18. The van der Waals surface area contributed by atoms with E-state index in [0.29, 0.717) is 39.7 Å². The third-order valence-electron chi connectivity index (χ3n) is 8.84. The molecular weight excluding hydrogens is 615 g/mol. The van der Waals surface area contributed by atoms with Crippen LogP contribution in [0.5, 0.6) is 0 Å². The largest absolute Gasteiger partial charge is 0.456 e. The van der Waals surface area contributed by atoms with Gasteiger partial charge in [-0.25, -0.2) is 15.0 Å². The smallest absolute Gasteiger partial charge is 0.164 e. The lowest BCUT2D eigenvalue weighted by atomic mass is 9.93. The van der Waals surface area contributed by atoms with Crippen LogP contribution in [0.15, 0.2) is 172 Å². The molecule has 5 nitrogen and oxygen atoms in total. The molecule has 7 aromatic carbocycles. The Hall–Kier alpha value is -6.85. The van der Waals surface area contributed by atoms with Crippen molar-refractivity contribution in [2.24, 2.45) is 0 Å². The molecule has 5 heteroatoms. The lowest BCUT2D eigenvalue weighted by Gasteiger charge is -2.13. The molecule has 0 aliphatic carbocycles. The van der Waals surface area contributed by atoms with Gasteiger partial charge in [0.2, 0.25) is 0 Å². The van der Waals surface area contributed by atoms with Crippen LogP contribution >= 0.6 is 0 Å². The Morgan fingerprint density at radius 1 is 0.380 bits per heavy atom. The summed E-state index contributed by atoms with van der Waals surface area (Å²) >= 11 is 0. The quantitative estimate of drug-likeness (QED) is 0.186. The van der Waals surface area contributed by atoms with Gasteiger partial charge < -0.3 is 8.83 Å². The fourth-order valence-corrected chi connectivity index (χ4v) is 6.49. The summed E-state index contributed by atoms with van der Waals surface area (Å²) < 4.78 is 73.2. The Morgan fingerprint density at radius 3 is 1.84 bits per heavy atom. The summed E-state index contributed by atoms with van der Waals surface area (Å²) in [7, 11) is 0. The molecule has 0 unspecified atom stereocenters. The van der Waals surface area contributed by atoms with Crippen molar-refractivity contribution in [1.29, 1.82) is 0 Å². The minimum Gasteiger partial charge on any atom is -0.456 e. The van der Waals surface area contributed by atoms with Gasteiger partial charge in [-0.15, -0.1) is 0 Å². The van der Waals surface area contributed by atoms with Crippen molar-refractivity contribution in [3.05, 3.63) is 164 Å². The maximum atomic E-state index is 9.25. The Balaban J connectivity index is 1.27. The van der Waals surface area contributed by atoms with Crippen molar-refractivity contribution in [3.63, 3.8) is 0 Å². The van der Waals surface area contributed by atoms with Crippen LogP contribution in [0, 0.1) is 0 Å². The maximum absolute atomic E-state index is 9.25. The molecule has 3 heterocycles. The second-order valence-corrected chi connectivity index (χ2v) is 11.9. The predicted molar refractivity (Wildman–Crippen MR) is 202 cm³/mol. The van der Waals surface area contributed by atoms with Gasteiger partial charge in [0.15, 0.2) is 17.5 Å². The minimum atomic E-state index is -0.482. The first kappa shape index (κ1) is 21.9. The van der Waals surface area contributed by atoms with E-state index < -0.39 is 24.2 Å². The fourth-order valence-electron chi connectivity index (χ4n) is 6.49. The van der Waals surface area contributed by atoms with Crippen molar-refractivity contribution in [2.75, 3.05) is 0 Å². The second kappa shape index (κ2) is 11.4. The second-order valence-electron chi connectivity index (χ2n) is 11.9. The van der Waals surface area contributed by atoms with Crippen LogP contribution in [0.2, 0.25) is 0 Å². The number of fused-ring (bicyclic) bond motifs is 6. The first-order valence-electron chi connectivity index (χ1n) is 19.5. The summed E-state index contributed by atoms with van der Waals surface area (Å²) in [6.07, 6.45) is 0. The van der Waals surface area contributed by atoms with Crippen molar-refractivity contribution >= 4 is 43.9 Å². The van der Waals surface area contributed by atoms with Gasteiger partial charge in [0.1, 0.15) is 22.3 Å². The summed E-state index contributed by atoms with van der Waals surface area (Å²) in [6, 6.07) is 35.7. The molecule has 0 bridgehead atoms. The Morgan fingerprint density at radius 2 is 1.00 bits per heavy atom. The van der Waals surface area contributed by atoms with Crippen LogP contribution in [-0.4, -0.2) is 15.0 Å². The van der Waals surface area contributed by atoms with E-state index in [4.69, 9.17) is 32.0 Å². The number of rotatable bonds is 5. The lowest BCUT2D eigenvalue weighted by molar-refractivity contribution is 0.668. The summed E-state index contributed by atoms with van der Waals surface area (Å²) in [6.45, 7) is 0. The minimum absolute atomic E-state index is 0.0365. The van der Waals surface area contributed by atoms with Gasteiger partial charge in [0.25, 0.3) is 0 Å². The van der Waals surface area contributed by atoms with Crippen LogP contribution < -0.4 is 0 Å². The summed E-state index contributed by atoms with van der Waals surface area (Å²) in [4.78, 5) is 15.0. The monoisotopic (exact) mass is 648 g/mol. The van der Waals surface area contributed by atoms with Crippen LogP contribution in [0.4, 0.5) is 0 Å². The van der Waals surface area contributed by atoms with Crippen molar-refractivity contribution < 1.29 is 18.4 Å². The number of para-hydroxylation sites is 2. The average Bonchev–Trinajstić information content (AvgIpc) is 3.84. The highest BCUT2D eigenvalue weighted by molar-refractivity contribution is 6.12. The van der Waals surface area contributed by atoms with Gasteiger partial charge in [-0.1, -0.05) is 115 Å². The standard InChI is InChI=1S/C45H27N3O2/c1-3-12-28(13-4-1)31-24-32(34-18-11-21-40-42(34)37-17-8-10-20-39(37)49-40)26-33(25-31)45-47-43(29-14-5-2-6-15-29)46-44(48-45)30-22-23-36-35-16-7-9-19-38(35)50-41(36)27-30/h1-27H/i8D,10D,11D,17D,18D,20D,21D. The summed E-state index contributed by atoms with van der Waals surface area (Å²) in [5.74, 6) is 1.16. The summed E-state index contributed by atoms with van der Waals surface area (Å²) in [5, 5.41) is 2.16. The normalized spacial score (nSPS) is 13.6. The van der Waals surface area contributed by atoms with Gasteiger partial charge in [0, 0.05) is 38.2 Å². The Kier molecular flexibility index (Phi) is 4.99. The number of nitrogens with zero attached hydrogens (tertiary/aromatic N) is 3. The summed E-state index contributed by atoms with van der Waals surface area (Å²) in [5.41, 5.74) is 5.45. The predicted octanol–water partition coefficient (Wildman–Crippen LogP) is 12.0. The third-order valence-corrected chi connectivity index (χ3v) is 8.84. The van der Waals surface area contributed by atoms with E-state index in [0.717, 1.165) is 33.0 Å². The Labute approximate surface area is 297 Å². The van der Waals surface area contributed by atoms with Gasteiger partial charge in [-0.05, 0) is 70.7 Å². The molecule has 3 aromatic heterocycles. The van der Waals surface area contributed by atoms with Crippen molar-refractivity contribution in [3.8, 4) is 56.4 Å². The van der Waals surface area contributed by atoms with E-state index in [1.165, 1.54) is 0 Å². The number of furan rings is 2. The molecule has 50 heavy (non-hydrogen) atoms. The maximum Gasteiger partial charge on any atom is 0.164 e. The molecule has 0 saturated carbocycles. The van der Waals surface area contributed by atoms with E-state index >= 15 is 0 Å². The molecule has 0 spiro atoms. The van der Waals surface area contributed by atoms with E-state index in [1.54, 1.807) is 6.07 Å². The molecule has 0 aliphatic heterocycles. The van der Waals surface area contributed by atoms with Crippen LogP contribution in [0.3, 0.4) is 0 Å². The molecule has 0 saturated heterocycles. The van der Waals surface area contributed by atoms with Gasteiger partial charge in [-0.2, -0.15) is 0 Å². The average molecular weight is 649 g/mol. The molecule has 0 amide bonds. The molecule has 10 aromatic rings. The molecule has 0 aliphatic rings. The van der Waals surface area contributed by atoms with Gasteiger partial charge >= 0.3 is 0 Å². The highest BCUT2D eigenvalue weighted by atomic mass is 16.3. The third kappa shape index (κ3) is 4.75.